The Morgan fingerprint density at radius 1 is 1.08 bits per heavy atom. The van der Waals surface area contributed by atoms with Gasteiger partial charge in [-0.25, -0.2) is 0 Å². The highest BCUT2D eigenvalue weighted by Gasteiger charge is 2.10. The molecule has 0 N–H and O–H groups in total. The van der Waals surface area contributed by atoms with Gasteiger partial charge in [-0.05, 0) is 38.2 Å². The minimum absolute atomic E-state index is 1.07. The molecular formula is C11H14N2. The SMILES string of the molecule is CC1=C(C2=CCCC=N2)N=CCC1. The molecule has 0 saturated carbocycles. The van der Waals surface area contributed by atoms with E-state index in [1.165, 1.54) is 5.57 Å². The molecule has 0 aromatic heterocycles. The van der Waals surface area contributed by atoms with E-state index in [0.29, 0.717) is 0 Å². The van der Waals surface area contributed by atoms with E-state index in [4.69, 9.17) is 0 Å². The Morgan fingerprint density at radius 3 is 2.62 bits per heavy atom. The number of hydrogen-bond acceptors (Lipinski definition) is 2. The van der Waals surface area contributed by atoms with Gasteiger partial charge in [-0.15, -0.1) is 0 Å². The van der Waals surface area contributed by atoms with Crippen molar-refractivity contribution in [1.29, 1.82) is 0 Å². The van der Waals surface area contributed by atoms with E-state index in [9.17, 15) is 0 Å². The van der Waals surface area contributed by atoms with Crippen LogP contribution in [0.5, 0.6) is 0 Å². The third kappa shape index (κ3) is 1.77. The summed E-state index contributed by atoms with van der Waals surface area (Å²) in [5, 5.41) is 0. The smallest absolute Gasteiger partial charge is 0.0868 e. The van der Waals surface area contributed by atoms with Crippen molar-refractivity contribution >= 4 is 12.4 Å². The van der Waals surface area contributed by atoms with E-state index < -0.39 is 0 Å². The topological polar surface area (TPSA) is 24.7 Å². The number of aliphatic imine (C=N–C) groups is 2. The van der Waals surface area contributed by atoms with Gasteiger partial charge in [0.25, 0.3) is 0 Å². The summed E-state index contributed by atoms with van der Waals surface area (Å²) in [7, 11) is 0. The average molecular weight is 174 g/mol. The number of rotatable bonds is 1. The molecule has 0 spiro atoms. The monoisotopic (exact) mass is 174 g/mol. The largest absolute Gasteiger partial charge is 0.259 e. The van der Waals surface area contributed by atoms with Gasteiger partial charge < -0.3 is 0 Å². The van der Waals surface area contributed by atoms with Crippen molar-refractivity contribution in [2.45, 2.75) is 32.6 Å². The Hall–Kier alpha value is -1.18. The van der Waals surface area contributed by atoms with E-state index >= 15 is 0 Å². The highest BCUT2D eigenvalue weighted by molar-refractivity contribution is 5.67. The summed E-state index contributed by atoms with van der Waals surface area (Å²) < 4.78 is 0. The van der Waals surface area contributed by atoms with Gasteiger partial charge in [0.2, 0.25) is 0 Å². The molecule has 2 heteroatoms. The van der Waals surface area contributed by atoms with Gasteiger partial charge in [-0.3, -0.25) is 9.98 Å². The van der Waals surface area contributed by atoms with E-state index in [0.717, 1.165) is 37.1 Å². The lowest BCUT2D eigenvalue weighted by Gasteiger charge is -2.13. The molecule has 0 unspecified atom stereocenters. The van der Waals surface area contributed by atoms with E-state index in [2.05, 4.69) is 23.0 Å². The van der Waals surface area contributed by atoms with Crippen LogP contribution in [0.1, 0.15) is 32.6 Å². The number of allylic oxidation sites excluding steroid dienone is 2. The van der Waals surface area contributed by atoms with Crippen LogP contribution in [0, 0.1) is 0 Å². The summed E-state index contributed by atoms with van der Waals surface area (Å²) in [5.74, 6) is 0. The van der Waals surface area contributed by atoms with Gasteiger partial charge in [0, 0.05) is 12.4 Å². The lowest BCUT2D eigenvalue weighted by molar-refractivity contribution is 0.941. The van der Waals surface area contributed by atoms with Gasteiger partial charge in [0.1, 0.15) is 0 Å². The van der Waals surface area contributed by atoms with Crippen molar-refractivity contribution in [1.82, 2.24) is 0 Å². The number of hydrogen-bond donors (Lipinski definition) is 0. The van der Waals surface area contributed by atoms with Crippen LogP contribution < -0.4 is 0 Å². The molecule has 2 rings (SSSR count). The Labute approximate surface area is 78.8 Å². The van der Waals surface area contributed by atoms with Gasteiger partial charge >= 0.3 is 0 Å². The second-order valence-electron chi connectivity index (χ2n) is 3.46. The molecule has 13 heavy (non-hydrogen) atoms. The zero-order valence-corrected chi connectivity index (χ0v) is 7.95. The standard InChI is InChI=1S/C11H14N2/c1-9-5-4-8-13-11(9)10-6-2-3-7-12-10/h6-8H,2-5H2,1H3. The van der Waals surface area contributed by atoms with Crippen LogP contribution in [0.15, 0.2) is 33.0 Å². The maximum absolute atomic E-state index is 4.41. The fourth-order valence-corrected chi connectivity index (χ4v) is 1.62. The Kier molecular flexibility index (Phi) is 2.39. The molecule has 0 radical (unpaired) electrons. The second-order valence-corrected chi connectivity index (χ2v) is 3.46. The predicted octanol–water partition coefficient (Wildman–Crippen LogP) is 2.87. The van der Waals surface area contributed by atoms with Crippen LogP contribution in [0.2, 0.25) is 0 Å². The maximum Gasteiger partial charge on any atom is 0.0868 e. The zero-order chi connectivity index (χ0) is 9.10. The van der Waals surface area contributed by atoms with Crippen molar-refractivity contribution < 1.29 is 0 Å². The molecular weight excluding hydrogens is 160 g/mol. The lowest BCUT2D eigenvalue weighted by Crippen LogP contribution is -1.99. The van der Waals surface area contributed by atoms with Crippen LogP contribution in [0.3, 0.4) is 0 Å². The minimum atomic E-state index is 1.07. The molecule has 0 aliphatic carbocycles. The summed E-state index contributed by atoms with van der Waals surface area (Å²) in [4.78, 5) is 8.77. The third-order valence-corrected chi connectivity index (χ3v) is 2.38. The molecule has 0 bridgehead atoms. The molecule has 2 heterocycles. The summed E-state index contributed by atoms with van der Waals surface area (Å²) >= 11 is 0. The van der Waals surface area contributed by atoms with E-state index in [-0.39, 0.29) is 0 Å². The lowest BCUT2D eigenvalue weighted by atomic mass is 10.0. The molecule has 2 nitrogen and oxygen atoms in total. The quantitative estimate of drug-likeness (QED) is 0.584. The fraction of sp³-hybridized carbons (Fsp3) is 0.455. The first-order valence-corrected chi connectivity index (χ1v) is 4.83. The van der Waals surface area contributed by atoms with Crippen molar-refractivity contribution in [3.8, 4) is 0 Å². The molecule has 0 atom stereocenters. The van der Waals surface area contributed by atoms with Crippen molar-refractivity contribution in [2.24, 2.45) is 9.98 Å². The molecule has 0 fully saturated rings. The molecule has 2 aliphatic rings. The summed E-state index contributed by atoms with van der Waals surface area (Å²) in [5.41, 5.74) is 3.54. The molecule has 2 aliphatic heterocycles. The summed E-state index contributed by atoms with van der Waals surface area (Å²) in [6.07, 6.45) is 10.5. The molecule has 0 aromatic carbocycles. The van der Waals surface area contributed by atoms with Crippen LogP contribution >= 0.6 is 0 Å². The van der Waals surface area contributed by atoms with Gasteiger partial charge in [0.05, 0.1) is 11.4 Å². The van der Waals surface area contributed by atoms with Crippen LogP contribution in [-0.2, 0) is 0 Å². The minimum Gasteiger partial charge on any atom is -0.259 e. The normalized spacial score (nSPS) is 22.1. The zero-order valence-electron chi connectivity index (χ0n) is 7.95. The first-order valence-electron chi connectivity index (χ1n) is 4.83. The molecule has 68 valence electrons. The van der Waals surface area contributed by atoms with Crippen molar-refractivity contribution in [2.75, 3.05) is 0 Å². The third-order valence-electron chi connectivity index (χ3n) is 2.38. The van der Waals surface area contributed by atoms with Gasteiger partial charge in [0.15, 0.2) is 0 Å². The summed E-state index contributed by atoms with van der Waals surface area (Å²) in [6, 6.07) is 0. The Morgan fingerprint density at radius 2 is 1.92 bits per heavy atom. The van der Waals surface area contributed by atoms with E-state index in [1.54, 1.807) is 0 Å². The fourth-order valence-electron chi connectivity index (χ4n) is 1.62. The maximum atomic E-state index is 4.41. The average Bonchev–Trinajstić information content (AvgIpc) is 2.20. The predicted molar refractivity (Wildman–Crippen MR) is 56.2 cm³/mol. The Balaban J connectivity index is 2.29. The first kappa shape index (κ1) is 8.42. The van der Waals surface area contributed by atoms with Gasteiger partial charge in [-0.2, -0.15) is 0 Å². The summed E-state index contributed by atoms with van der Waals surface area (Å²) in [6.45, 7) is 2.15. The van der Waals surface area contributed by atoms with Crippen molar-refractivity contribution in [3.63, 3.8) is 0 Å². The van der Waals surface area contributed by atoms with E-state index in [1.807, 2.05) is 12.4 Å². The molecule has 0 amide bonds. The Bertz CT molecular complexity index is 319. The highest BCUT2D eigenvalue weighted by Crippen LogP contribution is 2.25. The molecule has 0 aromatic rings. The van der Waals surface area contributed by atoms with Crippen LogP contribution in [0.4, 0.5) is 0 Å². The van der Waals surface area contributed by atoms with Crippen LogP contribution in [-0.4, -0.2) is 12.4 Å². The highest BCUT2D eigenvalue weighted by atomic mass is 14.9. The number of nitrogens with zero attached hydrogens (tertiary/aromatic N) is 2. The van der Waals surface area contributed by atoms with Crippen molar-refractivity contribution in [3.05, 3.63) is 23.0 Å². The first-order chi connectivity index (χ1) is 6.38. The van der Waals surface area contributed by atoms with Crippen LogP contribution in [0.25, 0.3) is 0 Å². The van der Waals surface area contributed by atoms with Gasteiger partial charge in [-0.1, -0.05) is 6.08 Å². The second kappa shape index (κ2) is 3.69. The molecule has 0 saturated heterocycles.